The Bertz CT molecular complexity index is 545. The fraction of sp³-hybridized carbons (Fsp3) is 0.562. The molecule has 0 aliphatic carbocycles. The van der Waals surface area contributed by atoms with Gasteiger partial charge in [-0.2, -0.15) is 0 Å². The fourth-order valence-corrected chi connectivity index (χ4v) is 2.33. The number of nitrogens with one attached hydrogen (secondary N) is 1. The summed E-state index contributed by atoms with van der Waals surface area (Å²) in [6.45, 7) is 2.82. The Morgan fingerprint density at radius 3 is 2.92 bits per heavy atom. The highest BCUT2D eigenvalue weighted by atomic mass is 19.2. The Labute approximate surface area is 139 Å². The van der Waals surface area contributed by atoms with Gasteiger partial charge >= 0.3 is 6.03 Å². The molecule has 1 aromatic rings. The van der Waals surface area contributed by atoms with Crippen molar-refractivity contribution in [2.24, 2.45) is 0 Å². The number of benzene rings is 1. The Morgan fingerprint density at radius 2 is 2.17 bits per heavy atom. The van der Waals surface area contributed by atoms with E-state index in [9.17, 15) is 13.6 Å². The van der Waals surface area contributed by atoms with Crippen LogP contribution >= 0.6 is 0 Å². The third-order valence-electron chi connectivity index (χ3n) is 3.62. The van der Waals surface area contributed by atoms with Gasteiger partial charge in [0.1, 0.15) is 6.10 Å². The molecule has 0 spiro atoms. The molecule has 134 valence electrons. The van der Waals surface area contributed by atoms with E-state index in [0.29, 0.717) is 45.1 Å². The van der Waals surface area contributed by atoms with Gasteiger partial charge in [0.05, 0.1) is 33.0 Å². The summed E-state index contributed by atoms with van der Waals surface area (Å²) in [4.78, 5) is 13.7. The summed E-state index contributed by atoms with van der Waals surface area (Å²) >= 11 is 0. The van der Waals surface area contributed by atoms with E-state index in [1.807, 2.05) is 0 Å². The number of carbonyl (C=O) groups excluding carboxylic acids is 1. The van der Waals surface area contributed by atoms with Crippen LogP contribution in [0.25, 0.3) is 0 Å². The van der Waals surface area contributed by atoms with Crippen molar-refractivity contribution in [2.45, 2.75) is 6.10 Å². The lowest BCUT2D eigenvalue weighted by Crippen LogP contribution is -2.47. The predicted molar refractivity (Wildman–Crippen MR) is 82.7 cm³/mol. The second-order valence-corrected chi connectivity index (χ2v) is 5.32. The molecule has 1 fully saturated rings. The molecule has 0 unspecified atom stereocenters. The van der Waals surface area contributed by atoms with Crippen molar-refractivity contribution in [3.63, 3.8) is 0 Å². The summed E-state index contributed by atoms with van der Waals surface area (Å²) in [6.07, 6.45) is -0.474. The number of amides is 2. The maximum Gasteiger partial charge on any atom is 0.317 e. The topological polar surface area (TPSA) is 60.0 Å². The minimum absolute atomic E-state index is 0.235. The minimum Gasteiger partial charge on any atom is -0.382 e. The van der Waals surface area contributed by atoms with Crippen molar-refractivity contribution >= 4 is 6.03 Å². The van der Waals surface area contributed by atoms with Gasteiger partial charge in [0.15, 0.2) is 11.6 Å². The molecule has 1 saturated heterocycles. The van der Waals surface area contributed by atoms with E-state index in [4.69, 9.17) is 14.2 Å². The number of nitrogens with zero attached hydrogens (tertiary/aromatic N) is 1. The highest BCUT2D eigenvalue weighted by Crippen LogP contribution is 2.23. The molecule has 6 nitrogen and oxygen atoms in total. The maximum atomic E-state index is 13.3. The van der Waals surface area contributed by atoms with Crippen molar-refractivity contribution in [1.82, 2.24) is 10.2 Å². The maximum absolute atomic E-state index is 13.3. The molecule has 1 aliphatic heterocycles. The predicted octanol–water partition coefficient (Wildman–Crippen LogP) is 1.71. The lowest BCUT2D eigenvalue weighted by Gasteiger charge is -2.33. The summed E-state index contributed by atoms with van der Waals surface area (Å²) in [6, 6.07) is 3.39. The molecule has 0 radical (unpaired) electrons. The van der Waals surface area contributed by atoms with Crippen LogP contribution in [0.4, 0.5) is 13.6 Å². The lowest BCUT2D eigenvalue weighted by atomic mass is 10.1. The summed E-state index contributed by atoms with van der Waals surface area (Å²) in [5.74, 6) is -1.83. The summed E-state index contributed by atoms with van der Waals surface area (Å²) in [5.41, 5.74) is 0.509. The first-order valence-corrected chi connectivity index (χ1v) is 7.78. The van der Waals surface area contributed by atoms with Crippen LogP contribution < -0.4 is 5.32 Å². The average molecular weight is 344 g/mol. The summed E-state index contributed by atoms with van der Waals surface area (Å²) in [5, 5.41) is 2.75. The molecule has 2 rings (SSSR count). The Kier molecular flexibility index (Phi) is 7.36. The monoisotopic (exact) mass is 344 g/mol. The number of halogens is 2. The number of urea groups is 1. The van der Waals surface area contributed by atoms with Gasteiger partial charge in [-0.25, -0.2) is 13.6 Å². The van der Waals surface area contributed by atoms with Gasteiger partial charge in [0, 0.05) is 20.2 Å². The van der Waals surface area contributed by atoms with Crippen LogP contribution in [0.2, 0.25) is 0 Å². The van der Waals surface area contributed by atoms with Crippen molar-refractivity contribution in [3.05, 3.63) is 35.4 Å². The molecule has 1 N–H and O–H groups in total. The number of carbonyl (C=O) groups is 1. The number of ether oxygens (including phenoxy) is 3. The van der Waals surface area contributed by atoms with Crippen molar-refractivity contribution in [3.8, 4) is 0 Å². The van der Waals surface area contributed by atoms with Crippen LogP contribution in [-0.2, 0) is 14.2 Å². The molecule has 1 aliphatic rings. The van der Waals surface area contributed by atoms with Crippen molar-refractivity contribution < 1.29 is 27.8 Å². The first-order valence-electron chi connectivity index (χ1n) is 7.78. The standard InChI is InChI=1S/C16H22F2N2O4/c1-22-8-9-23-6-4-19-16(21)20-5-7-24-15(11-20)12-2-3-13(17)14(18)10-12/h2-3,10,15H,4-9,11H2,1H3,(H,19,21)/t15-/m1/s1. The molecular weight excluding hydrogens is 322 g/mol. The fourth-order valence-electron chi connectivity index (χ4n) is 2.33. The quantitative estimate of drug-likeness (QED) is 0.765. The zero-order chi connectivity index (χ0) is 17.4. The van der Waals surface area contributed by atoms with Crippen LogP contribution in [0.15, 0.2) is 18.2 Å². The van der Waals surface area contributed by atoms with E-state index in [-0.39, 0.29) is 12.6 Å². The SMILES string of the molecule is COCCOCCNC(=O)N1CCO[C@@H](c2ccc(F)c(F)c2)C1. The van der Waals surface area contributed by atoms with Crippen LogP contribution in [0, 0.1) is 11.6 Å². The molecule has 1 atom stereocenters. The molecule has 0 bridgehead atoms. The molecule has 1 aromatic carbocycles. The van der Waals surface area contributed by atoms with Crippen molar-refractivity contribution in [1.29, 1.82) is 0 Å². The largest absolute Gasteiger partial charge is 0.382 e. The van der Waals surface area contributed by atoms with Crippen molar-refractivity contribution in [2.75, 3.05) is 53.2 Å². The second-order valence-electron chi connectivity index (χ2n) is 5.32. The van der Waals surface area contributed by atoms with E-state index in [1.165, 1.54) is 6.07 Å². The second kappa shape index (κ2) is 9.51. The van der Waals surface area contributed by atoms with E-state index in [2.05, 4.69) is 5.32 Å². The van der Waals surface area contributed by atoms with Gasteiger partial charge in [0.2, 0.25) is 0 Å². The number of hydrogen-bond donors (Lipinski definition) is 1. The highest BCUT2D eigenvalue weighted by molar-refractivity contribution is 5.74. The lowest BCUT2D eigenvalue weighted by molar-refractivity contribution is -0.0158. The average Bonchev–Trinajstić information content (AvgIpc) is 2.60. The first-order chi connectivity index (χ1) is 11.6. The third-order valence-corrected chi connectivity index (χ3v) is 3.62. The van der Waals surface area contributed by atoms with Gasteiger partial charge < -0.3 is 24.4 Å². The van der Waals surface area contributed by atoms with E-state index in [1.54, 1.807) is 12.0 Å². The molecule has 0 saturated carbocycles. The number of methoxy groups -OCH3 is 1. The first kappa shape index (κ1) is 18.6. The zero-order valence-corrected chi connectivity index (χ0v) is 13.6. The number of hydrogen-bond acceptors (Lipinski definition) is 4. The van der Waals surface area contributed by atoms with E-state index < -0.39 is 17.7 Å². The molecule has 24 heavy (non-hydrogen) atoms. The molecule has 2 amide bonds. The van der Waals surface area contributed by atoms with Gasteiger partial charge in [-0.3, -0.25) is 0 Å². The Balaban J connectivity index is 1.79. The summed E-state index contributed by atoms with van der Waals surface area (Å²) < 4.78 is 42.0. The van der Waals surface area contributed by atoms with Crippen LogP contribution in [0.3, 0.4) is 0 Å². The van der Waals surface area contributed by atoms with Gasteiger partial charge in [-0.15, -0.1) is 0 Å². The van der Waals surface area contributed by atoms with Crippen LogP contribution in [0.1, 0.15) is 11.7 Å². The number of morpholine rings is 1. The van der Waals surface area contributed by atoms with Gasteiger partial charge in [-0.1, -0.05) is 6.07 Å². The van der Waals surface area contributed by atoms with Crippen LogP contribution in [-0.4, -0.2) is 64.1 Å². The Morgan fingerprint density at radius 1 is 1.33 bits per heavy atom. The van der Waals surface area contributed by atoms with E-state index >= 15 is 0 Å². The normalized spacial score (nSPS) is 17.8. The molecule has 8 heteroatoms. The van der Waals surface area contributed by atoms with E-state index in [0.717, 1.165) is 12.1 Å². The van der Waals surface area contributed by atoms with Crippen LogP contribution in [0.5, 0.6) is 0 Å². The minimum atomic E-state index is -0.925. The van der Waals surface area contributed by atoms with Gasteiger partial charge in [-0.05, 0) is 17.7 Å². The smallest absolute Gasteiger partial charge is 0.317 e. The molecular formula is C16H22F2N2O4. The summed E-state index contributed by atoms with van der Waals surface area (Å²) in [7, 11) is 1.59. The highest BCUT2D eigenvalue weighted by Gasteiger charge is 2.25. The number of rotatable bonds is 7. The molecule has 0 aromatic heterocycles. The van der Waals surface area contributed by atoms with Gasteiger partial charge in [0.25, 0.3) is 0 Å². The molecule has 1 heterocycles. The zero-order valence-electron chi connectivity index (χ0n) is 13.6. The Hall–Kier alpha value is -1.77. The third kappa shape index (κ3) is 5.40.